The largest absolute Gasteiger partial charge is 0.327 e. The molecule has 0 aromatic carbocycles. The fourth-order valence-electron chi connectivity index (χ4n) is 5.60. The fraction of sp³-hybridized carbons (Fsp3) is 1.00. The average Bonchev–Trinajstić information content (AvgIpc) is 2.42. The predicted octanol–water partition coefficient (Wildman–Crippen LogP) is 4.03. The molecule has 0 aromatic rings. The molecule has 0 radical (unpaired) electrons. The topological polar surface area (TPSA) is 52.0 Å². The molecule has 0 spiro atoms. The summed E-state index contributed by atoms with van der Waals surface area (Å²) in [6.07, 6.45) is 6.70. The van der Waals surface area contributed by atoms with E-state index in [9.17, 15) is 0 Å². The molecule has 0 bridgehead atoms. The molecule has 4 unspecified atom stereocenters. The lowest BCUT2D eigenvalue weighted by Crippen LogP contribution is -2.46. The van der Waals surface area contributed by atoms with Gasteiger partial charge in [-0.05, 0) is 67.1 Å². The molecule has 4 N–H and O–H groups in total. The third-order valence-electron chi connectivity index (χ3n) is 7.01. The summed E-state index contributed by atoms with van der Waals surface area (Å²) in [4.78, 5) is 0. The van der Waals surface area contributed by atoms with Crippen LogP contribution in [0.4, 0.5) is 0 Å². The van der Waals surface area contributed by atoms with Crippen LogP contribution < -0.4 is 11.5 Å². The molecule has 2 saturated carbocycles. The Balaban J connectivity index is 2.06. The summed E-state index contributed by atoms with van der Waals surface area (Å²) < 4.78 is 0. The highest BCUT2D eigenvalue weighted by atomic mass is 14.7. The SMILES string of the molecule is CCC(C1CC(C)C(N)C(C)C1)C1CC(C)C(N)C(C)C1. The van der Waals surface area contributed by atoms with Gasteiger partial charge in [0.2, 0.25) is 0 Å². The van der Waals surface area contributed by atoms with E-state index in [1.807, 2.05) is 0 Å². The van der Waals surface area contributed by atoms with Gasteiger partial charge in [-0.1, -0.05) is 41.0 Å². The van der Waals surface area contributed by atoms with E-state index in [0.717, 1.165) is 17.8 Å². The van der Waals surface area contributed by atoms with E-state index in [4.69, 9.17) is 11.5 Å². The normalized spacial score (nSPS) is 49.9. The molecule has 2 aliphatic carbocycles. The minimum Gasteiger partial charge on any atom is -0.327 e. The van der Waals surface area contributed by atoms with Gasteiger partial charge in [-0.15, -0.1) is 0 Å². The molecule has 0 aliphatic heterocycles. The molecule has 2 fully saturated rings. The number of hydrogen-bond donors (Lipinski definition) is 2. The summed E-state index contributed by atoms with van der Waals surface area (Å²) in [5, 5.41) is 0. The summed E-state index contributed by atoms with van der Waals surface area (Å²) in [5.74, 6) is 5.42. The highest BCUT2D eigenvalue weighted by molar-refractivity contribution is 4.93. The Morgan fingerprint density at radius 3 is 1.24 bits per heavy atom. The van der Waals surface area contributed by atoms with E-state index in [1.54, 1.807) is 0 Å². The third-order valence-corrected chi connectivity index (χ3v) is 7.01. The van der Waals surface area contributed by atoms with Crippen LogP contribution in [0.25, 0.3) is 0 Å². The quantitative estimate of drug-likeness (QED) is 0.825. The molecule has 2 heteroatoms. The van der Waals surface area contributed by atoms with Gasteiger partial charge >= 0.3 is 0 Å². The van der Waals surface area contributed by atoms with Gasteiger partial charge in [0.25, 0.3) is 0 Å². The summed E-state index contributed by atoms with van der Waals surface area (Å²) >= 11 is 0. The Kier molecular flexibility index (Phi) is 5.76. The van der Waals surface area contributed by atoms with Crippen molar-refractivity contribution >= 4 is 0 Å². The van der Waals surface area contributed by atoms with Crippen LogP contribution in [-0.4, -0.2) is 12.1 Å². The molecule has 21 heavy (non-hydrogen) atoms. The summed E-state index contributed by atoms with van der Waals surface area (Å²) in [5.41, 5.74) is 12.7. The first-order chi connectivity index (χ1) is 9.85. The zero-order valence-corrected chi connectivity index (χ0v) is 14.9. The minimum atomic E-state index is 0.413. The highest BCUT2D eigenvalue weighted by Crippen LogP contribution is 2.46. The first-order valence-corrected chi connectivity index (χ1v) is 9.36. The zero-order valence-electron chi connectivity index (χ0n) is 14.9. The first kappa shape index (κ1) is 17.3. The molecule has 0 aromatic heterocycles. The van der Waals surface area contributed by atoms with Crippen molar-refractivity contribution in [1.29, 1.82) is 0 Å². The molecular weight excluding hydrogens is 256 g/mol. The predicted molar refractivity (Wildman–Crippen MR) is 91.8 cm³/mol. The van der Waals surface area contributed by atoms with E-state index < -0.39 is 0 Å². The number of rotatable bonds is 3. The van der Waals surface area contributed by atoms with Gasteiger partial charge in [0, 0.05) is 12.1 Å². The van der Waals surface area contributed by atoms with Crippen molar-refractivity contribution in [1.82, 2.24) is 0 Å². The molecule has 2 aliphatic rings. The summed E-state index contributed by atoms with van der Waals surface area (Å²) in [7, 11) is 0. The van der Waals surface area contributed by atoms with E-state index in [1.165, 1.54) is 32.1 Å². The highest BCUT2D eigenvalue weighted by Gasteiger charge is 2.40. The lowest BCUT2D eigenvalue weighted by atomic mass is 9.61. The second-order valence-electron chi connectivity index (χ2n) is 8.60. The van der Waals surface area contributed by atoms with Crippen LogP contribution in [0.3, 0.4) is 0 Å². The second-order valence-corrected chi connectivity index (χ2v) is 8.60. The monoisotopic (exact) mass is 294 g/mol. The van der Waals surface area contributed by atoms with Crippen LogP contribution in [0, 0.1) is 41.4 Å². The van der Waals surface area contributed by atoms with E-state index in [2.05, 4.69) is 34.6 Å². The standard InChI is InChI=1S/C19H38N2/c1-6-17(15-7-11(2)18(20)12(3)8-15)16-9-13(4)19(21)14(5)10-16/h11-19H,6-10,20-21H2,1-5H3. The molecule has 2 nitrogen and oxygen atoms in total. The Hall–Kier alpha value is -0.0800. The van der Waals surface area contributed by atoms with Crippen LogP contribution >= 0.6 is 0 Å². The van der Waals surface area contributed by atoms with Gasteiger partial charge in [-0.2, -0.15) is 0 Å². The molecular formula is C19H38N2. The van der Waals surface area contributed by atoms with E-state index in [0.29, 0.717) is 35.8 Å². The van der Waals surface area contributed by atoms with Gasteiger partial charge in [0.15, 0.2) is 0 Å². The van der Waals surface area contributed by atoms with Crippen molar-refractivity contribution in [2.24, 2.45) is 52.9 Å². The van der Waals surface area contributed by atoms with Crippen molar-refractivity contribution < 1.29 is 0 Å². The third kappa shape index (κ3) is 3.64. The van der Waals surface area contributed by atoms with Crippen LogP contribution in [0.15, 0.2) is 0 Å². The summed E-state index contributed by atoms with van der Waals surface area (Å²) in [6.45, 7) is 11.9. The molecule has 0 saturated heterocycles. The maximum Gasteiger partial charge on any atom is 0.00905 e. The maximum absolute atomic E-state index is 6.35. The van der Waals surface area contributed by atoms with Gasteiger partial charge < -0.3 is 11.5 Å². The Labute approximate surface area is 132 Å². The van der Waals surface area contributed by atoms with Gasteiger partial charge in [0.1, 0.15) is 0 Å². The van der Waals surface area contributed by atoms with E-state index >= 15 is 0 Å². The molecule has 0 amide bonds. The van der Waals surface area contributed by atoms with Gasteiger partial charge in [-0.3, -0.25) is 0 Å². The molecule has 2 rings (SSSR count). The van der Waals surface area contributed by atoms with Crippen LogP contribution in [0.5, 0.6) is 0 Å². The summed E-state index contributed by atoms with van der Waals surface area (Å²) in [6, 6.07) is 0.827. The Bertz CT molecular complexity index is 276. The number of nitrogens with two attached hydrogens (primary N) is 2. The second kappa shape index (κ2) is 7.00. The smallest absolute Gasteiger partial charge is 0.00905 e. The molecule has 124 valence electrons. The van der Waals surface area contributed by atoms with Crippen molar-refractivity contribution in [3.8, 4) is 0 Å². The van der Waals surface area contributed by atoms with Crippen LogP contribution in [-0.2, 0) is 0 Å². The van der Waals surface area contributed by atoms with Crippen molar-refractivity contribution in [3.63, 3.8) is 0 Å². The lowest BCUT2D eigenvalue weighted by molar-refractivity contribution is 0.0556. The van der Waals surface area contributed by atoms with Crippen molar-refractivity contribution in [2.75, 3.05) is 0 Å². The number of hydrogen-bond acceptors (Lipinski definition) is 2. The van der Waals surface area contributed by atoms with Crippen molar-refractivity contribution in [3.05, 3.63) is 0 Å². The first-order valence-electron chi connectivity index (χ1n) is 9.36. The van der Waals surface area contributed by atoms with E-state index in [-0.39, 0.29) is 0 Å². The van der Waals surface area contributed by atoms with Crippen LogP contribution in [0.1, 0.15) is 66.7 Å². The van der Waals surface area contributed by atoms with Gasteiger partial charge in [0.05, 0.1) is 0 Å². The molecule has 4 atom stereocenters. The maximum atomic E-state index is 6.35. The molecule has 0 heterocycles. The Morgan fingerprint density at radius 2 is 1.00 bits per heavy atom. The minimum absolute atomic E-state index is 0.413. The fourth-order valence-corrected chi connectivity index (χ4v) is 5.60. The Morgan fingerprint density at radius 1 is 0.714 bits per heavy atom. The van der Waals surface area contributed by atoms with Crippen molar-refractivity contribution in [2.45, 2.75) is 78.8 Å². The lowest BCUT2D eigenvalue weighted by Gasteiger charge is -2.46. The van der Waals surface area contributed by atoms with Crippen LogP contribution in [0.2, 0.25) is 0 Å². The van der Waals surface area contributed by atoms with Gasteiger partial charge in [-0.25, -0.2) is 0 Å². The zero-order chi connectivity index (χ0) is 15.7. The average molecular weight is 295 g/mol.